The third-order valence-electron chi connectivity index (χ3n) is 3.91. The van der Waals surface area contributed by atoms with Crippen LogP contribution in [0.3, 0.4) is 0 Å². The summed E-state index contributed by atoms with van der Waals surface area (Å²) in [6.07, 6.45) is 4.02. The van der Waals surface area contributed by atoms with Crippen LogP contribution in [0, 0.1) is 10.1 Å². The Balaban J connectivity index is 2.01. The summed E-state index contributed by atoms with van der Waals surface area (Å²) < 4.78 is 0. The van der Waals surface area contributed by atoms with Gasteiger partial charge in [0.05, 0.1) is 29.1 Å². The molecule has 26 heavy (non-hydrogen) atoms. The van der Waals surface area contributed by atoms with Crippen LogP contribution in [0.5, 0.6) is 5.75 Å². The van der Waals surface area contributed by atoms with Gasteiger partial charge in [-0.3, -0.25) is 15.1 Å². The summed E-state index contributed by atoms with van der Waals surface area (Å²) in [5.41, 5.74) is 2.67. The number of phenolic OH excluding ortho intramolecular Hbond substituents is 1. The van der Waals surface area contributed by atoms with E-state index < -0.39 is 4.92 Å². The van der Waals surface area contributed by atoms with Crippen LogP contribution >= 0.6 is 0 Å². The number of aromatic nitrogens is 2. The van der Waals surface area contributed by atoms with E-state index in [0.717, 1.165) is 17.3 Å². The summed E-state index contributed by atoms with van der Waals surface area (Å²) in [4.78, 5) is 22.2. The summed E-state index contributed by atoms with van der Waals surface area (Å²) in [6.45, 7) is 1.96. The van der Waals surface area contributed by atoms with E-state index in [1.807, 2.05) is 37.3 Å². The van der Waals surface area contributed by atoms with E-state index in [0.29, 0.717) is 17.7 Å². The number of imidazole rings is 1. The molecule has 1 aromatic heterocycles. The monoisotopic (exact) mass is 350 g/mol. The van der Waals surface area contributed by atoms with Gasteiger partial charge < -0.3 is 10.1 Å². The molecule has 7 nitrogen and oxygen atoms in total. The van der Waals surface area contributed by atoms with Gasteiger partial charge in [-0.1, -0.05) is 30.3 Å². The van der Waals surface area contributed by atoms with Crippen molar-refractivity contribution < 1.29 is 10.0 Å². The highest BCUT2D eigenvalue weighted by Crippen LogP contribution is 2.26. The molecule has 0 fully saturated rings. The summed E-state index contributed by atoms with van der Waals surface area (Å²) in [7, 11) is 0. The van der Waals surface area contributed by atoms with Crippen LogP contribution in [0.25, 0.3) is 0 Å². The maximum Gasteiger partial charge on any atom is 0.273 e. The van der Waals surface area contributed by atoms with E-state index in [1.54, 1.807) is 12.5 Å². The van der Waals surface area contributed by atoms with Crippen molar-refractivity contribution in [3.05, 3.63) is 88.0 Å². The SMILES string of the molecule is C[C@H](Cc1cnc[nH]1)N=C(c1ccccc1)c1ccc([N+](=O)[O-])cc1O. The number of benzene rings is 2. The second kappa shape index (κ2) is 7.60. The lowest BCUT2D eigenvalue weighted by Gasteiger charge is -2.13. The highest BCUT2D eigenvalue weighted by Gasteiger charge is 2.17. The highest BCUT2D eigenvalue weighted by molar-refractivity contribution is 6.14. The Morgan fingerprint density at radius 1 is 1.31 bits per heavy atom. The zero-order valence-corrected chi connectivity index (χ0v) is 14.2. The maximum absolute atomic E-state index is 10.9. The van der Waals surface area contributed by atoms with Gasteiger partial charge in [0, 0.05) is 35.5 Å². The van der Waals surface area contributed by atoms with Gasteiger partial charge in [-0.05, 0) is 13.0 Å². The standard InChI is InChI=1S/C19H18N4O3/c1-13(9-15-11-20-12-21-15)22-19(14-5-3-2-4-6-14)17-8-7-16(23(25)26)10-18(17)24/h2-8,10-13,24H,9H2,1H3,(H,20,21)/t13-/m1/s1. The smallest absolute Gasteiger partial charge is 0.273 e. The number of nitro benzene ring substituents is 1. The average molecular weight is 350 g/mol. The lowest BCUT2D eigenvalue weighted by atomic mass is 10.00. The van der Waals surface area contributed by atoms with Crippen LogP contribution in [0.15, 0.2) is 66.0 Å². The number of aliphatic imine (C=N–C) groups is 1. The highest BCUT2D eigenvalue weighted by atomic mass is 16.6. The molecular weight excluding hydrogens is 332 g/mol. The van der Waals surface area contributed by atoms with Crippen molar-refractivity contribution in [2.75, 3.05) is 0 Å². The van der Waals surface area contributed by atoms with E-state index in [2.05, 4.69) is 9.97 Å². The van der Waals surface area contributed by atoms with E-state index >= 15 is 0 Å². The van der Waals surface area contributed by atoms with Gasteiger partial charge >= 0.3 is 0 Å². The first kappa shape index (κ1) is 17.3. The summed E-state index contributed by atoms with van der Waals surface area (Å²) in [6, 6.07) is 13.4. The lowest BCUT2D eigenvalue weighted by molar-refractivity contribution is -0.384. The first-order chi connectivity index (χ1) is 12.5. The maximum atomic E-state index is 10.9. The predicted octanol–water partition coefficient (Wildman–Crippen LogP) is 3.49. The topological polar surface area (TPSA) is 104 Å². The van der Waals surface area contributed by atoms with E-state index in [4.69, 9.17) is 4.99 Å². The number of H-pyrrole nitrogens is 1. The fraction of sp³-hybridized carbons (Fsp3) is 0.158. The van der Waals surface area contributed by atoms with Gasteiger partial charge in [-0.2, -0.15) is 0 Å². The van der Waals surface area contributed by atoms with Crippen LogP contribution in [0.1, 0.15) is 23.7 Å². The summed E-state index contributed by atoms with van der Waals surface area (Å²) in [5.74, 6) is -0.171. The molecule has 0 spiro atoms. The molecule has 132 valence electrons. The number of phenols is 1. The number of aromatic amines is 1. The van der Waals surface area contributed by atoms with Crippen molar-refractivity contribution in [3.63, 3.8) is 0 Å². The van der Waals surface area contributed by atoms with Gasteiger partial charge in [-0.25, -0.2) is 4.98 Å². The lowest BCUT2D eigenvalue weighted by Crippen LogP contribution is -2.11. The molecule has 1 heterocycles. The number of aromatic hydroxyl groups is 1. The van der Waals surface area contributed by atoms with Gasteiger partial charge in [0.25, 0.3) is 5.69 Å². The van der Waals surface area contributed by atoms with Crippen molar-refractivity contribution in [2.24, 2.45) is 4.99 Å². The molecule has 0 aliphatic carbocycles. The number of nitro groups is 1. The van der Waals surface area contributed by atoms with Crippen LogP contribution < -0.4 is 0 Å². The minimum atomic E-state index is -0.538. The fourth-order valence-corrected chi connectivity index (χ4v) is 2.71. The normalized spacial score (nSPS) is 12.7. The Bertz CT molecular complexity index is 921. The molecular formula is C19H18N4O3. The summed E-state index contributed by atoms with van der Waals surface area (Å²) >= 11 is 0. The minimum Gasteiger partial charge on any atom is -0.507 e. The van der Waals surface area contributed by atoms with Gasteiger partial charge in [-0.15, -0.1) is 0 Å². The Kier molecular flexibility index (Phi) is 5.07. The van der Waals surface area contributed by atoms with Gasteiger partial charge in [0.15, 0.2) is 0 Å². The first-order valence-corrected chi connectivity index (χ1v) is 8.13. The third kappa shape index (κ3) is 3.94. The second-order valence-electron chi connectivity index (χ2n) is 5.93. The molecule has 2 N–H and O–H groups in total. The van der Waals surface area contributed by atoms with Crippen LogP contribution in [0.2, 0.25) is 0 Å². The quantitative estimate of drug-likeness (QED) is 0.403. The van der Waals surface area contributed by atoms with Crippen molar-refractivity contribution in [1.29, 1.82) is 0 Å². The molecule has 0 saturated carbocycles. The Morgan fingerprint density at radius 3 is 2.69 bits per heavy atom. The van der Waals surface area contributed by atoms with Crippen molar-refractivity contribution >= 4 is 11.4 Å². The zero-order valence-electron chi connectivity index (χ0n) is 14.2. The van der Waals surface area contributed by atoms with E-state index in [1.165, 1.54) is 12.1 Å². The molecule has 3 rings (SSSR count). The molecule has 0 bridgehead atoms. The molecule has 2 aromatic carbocycles. The van der Waals surface area contributed by atoms with Gasteiger partial charge in [0.1, 0.15) is 5.75 Å². The number of rotatable bonds is 6. The van der Waals surface area contributed by atoms with Crippen molar-refractivity contribution in [2.45, 2.75) is 19.4 Å². The molecule has 1 atom stereocenters. The Morgan fingerprint density at radius 2 is 2.08 bits per heavy atom. The zero-order chi connectivity index (χ0) is 18.5. The molecule has 0 unspecified atom stereocenters. The van der Waals surface area contributed by atoms with E-state index in [9.17, 15) is 15.2 Å². The summed E-state index contributed by atoms with van der Waals surface area (Å²) in [5, 5.41) is 21.3. The number of nitrogens with one attached hydrogen (secondary N) is 1. The number of nitrogens with zero attached hydrogens (tertiary/aromatic N) is 3. The third-order valence-corrected chi connectivity index (χ3v) is 3.91. The number of hydrogen-bond acceptors (Lipinski definition) is 5. The minimum absolute atomic E-state index is 0.0831. The average Bonchev–Trinajstić information content (AvgIpc) is 3.13. The Hall–Kier alpha value is -3.48. The second-order valence-corrected chi connectivity index (χ2v) is 5.93. The molecule has 3 aromatic rings. The van der Waals surface area contributed by atoms with Crippen molar-refractivity contribution in [3.8, 4) is 5.75 Å². The van der Waals surface area contributed by atoms with E-state index in [-0.39, 0.29) is 17.5 Å². The number of non-ortho nitro benzene ring substituents is 1. The first-order valence-electron chi connectivity index (χ1n) is 8.13. The molecule has 0 aliphatic rings. The fourth-order valence-electron chi connectivity index (χ4n) is 2.71. The van der Waals surface area contributed by atoms with Crippen molar-refractivity contribution in [1.82, 2.24) is 9.97 Å². The van der Waals surface area contributed by atoms with Crippen LogP contribution in [-0.2, 0) is 6.42 Å². The molecule has 0 saturated heterocycles. The molecule has 0 radical (unpaired) electrons. The predicted molar refractivity (Wildman–Crippen MR) is 98.6 cm³/mol. The molecule has 7 heteroatoms. The molecule has 0 amide bonds. The molecule has 0 aliphatic heterocycles. The van der Waals surface area contributed by atoms with Gasteiger partial charge in [0.2, 0.25) is 0 Å². The van der Waals surface area contributed by atoms with Crippen LogP contribution in [0.4, 0.5) is 5.69 Å². The largest absolute Gasteiger partial charge is 0.507 e. The Labute approximate surface area is 150 Å². The number of hydrogen-bond donors (Lipinski definition) is 2. The van der Waals surface area contributed by atoms with Crippen LogP contribution in [-0.4, -0.2) is 31.8 Å².